The number of nitrogens with zero attached hydrogens (tertiary/aromatic N) is 1. The summed E-state index contributed by atoms with van der Waals surface area (Å²) in [4.78, 5) is 12.3. The highest BCUT2D eigenvalue weighted by molar-refractivity contribution is 7.92. The molecule has 1 N–H and O–H groups in total. The molecule has 1 atom stereocenters. The molecule has 0 fully saturated rings. The molecule has 0 aliphatic rings. The number of hydrogen-bond acceptors (Lipinski definition) is 4. The summed E-state index contributed by atoms with van der Waals surface area (Å²) in [6.45, 7) is 5.59. The first-order valence-electron chi connectivity index (χ1n) is 8.16. The van der Waals surface area contributed by atoms with Crippen LogP contribution in [0.3, 0.4) is 0 Å². The zero-order valence-electron chi connectivity index (χ0n) is 15.6. The SMILES string of the molecule is Cc1ccc(NC(=O)[C@H](C)Oc2ccc(N(C)S(C)(=O)=O)cc2)c(C)c1. The van der Waals surface area contributed by atoms with E-state index in [-0.39, 0.29) is 5.91 Å². The summed E-state index contributed by atoms with van der Waals surface area (Å²) in [5.74, 6) is 0.230. The summed E-state index contributed by atoms with van der Waals surface area (Å²) in [6.07, 6.45) is 0.436. The molecule has 0 bridgehead atoms. The van der Waals surface area contributed by atoms with E-state index in [1.54, 1.807) is 31.2 Å². The number of carbonyl (C=O) groups is 1. The summed E-state index contributed by atoms with van der Waals surface area (Å²) < 4.78 is 29.9. The van der Waals surface area contributed by atoms with Crippen LogP contribution >= 0.6 is 0 Å². The Kier molecular flexibility index (Phi) is 5.92. The van der Waals surface area contributed by atoms with E-state index in [0.29, 0.717) is 11.4 Å². The maximum Gasteiger partial charge on any atom is 0.265 e. The lowest BCUT2D eigenvalue weighted by atomic mass is 10.1. The summed E-state index contributed by atoms with van der Waals surface area (Å²) in [5.41, 5.74) is 3.39. The van der Waals surface area contributed by atoms with Crippen molar-refractivity contribution in [2.45, 2.75) is 26.9 Å². The van der Waals surface area contributed by atoms with Gasteiger partial charge in [-0.25, -0.2) is 8.42 Å². The van der Waals surface area contributed by atoms with Gasteiger partial charge in [-0.15, -0.1) is 0 Å². The van der Waals surface area contributed by atoms with Crippen LogP contribution in [0.2, 0.25) is 0 Å². The monoisotopic (exact) mass is 376 g/mol. The van der Waals surface area contributed by atoms with Crippen LogP contribution in [0, 0.1) is 13.8 Å². The normalized spacial score (nSPS) is 12.3. The molecule has 26 heavy (non-hydrogen) atoms. The molecule has 1 amide bonds. The minimum atomic E-state index is -3.32. The van der Waals surface area contributed by atoms with E-state index in [1.807, 2.05) is 32.0 Å². The molecule has 2 rings (SSSR count). The Morgan fingerprint density at radius 3 is 2.27 bits per heavy atom. The van der Waals surface area contributed by atoms with Crippen molar-refractivity contribution in [3.05, 3.63) is 53.6 Å². The fraction of sp³-hybridized carbons (Fsp3) is 0.316. The fourth-order valence-corrected chi connectivity index (χ4v) is 2.88. The highest BCUT2D eigenvalue weighted by Gasteiger charge is 2.17. The molecule has 0 aliphatic carbocycles. The first-order chi connectivity index (χ1) is 12.1. The Morgan fingerprint density at radius 2 is 1.73 bits per heavy atom. The third-order valence-electron chi connectivity index (χ3n) is 4.02. The van der Waals surface area contributed by atoms with Crippen molar-refractivity contribution in [3.63, 3.8) is 0 Å². The van der Waals surface area contributed by atoms with Crippen molar-refractivity contribution in [2.24, 2.45) is 0 Å². The van der Waals surface area contributed by atoms with Gasteiger partial charge in [0.25, 0.3) is 5.91 Å². The zero-order valence-corrected chi connectivity index (χ0v) is 16.4. The van der Waals surface area contributed by atoms with Crippen LogP contribution in [-0.4, -0.2) is 33.7 Å². The molecule has 140 valence electrons. The van der Waals surface area contributed by atoms with E-state index in [1.165, 1.54) is 11.4 Å². The Hall–Kier alpha value is -2.54. The Labute approximate surface area is 154 Å². The van der Waals surface area contributed by atoms with Crippen molar-refractivity contribution >= 4 is 27.3 Å². The van der Waals surface area contributed by atoms with E-state index in [2.05, 4.69) is 5.32 Å². The number of amides is 1. The molecule has 6 nitrogen and oxygen atoms in total. The highest BCUT2D eigenvalue weighted by atomic mass is 32.2. The average molecular weight is 376 g/mol. The van der Waals surface area contributed by atoms with Crippen LogP contribution < -0.4 is 14.4 Å². The van der Waals surface area contributed by atoms with Crippen LogP contribution in [-0.2, 0) is 14.8 Å². The van der Waals surface area contributed by atoms with Crippen molar-refractivity contribution in [1.29, 1.82) is 0 Å². The maximum absolute atomic E-state index is 12.3. The number of aryl methyl sites for hydroxylation is 2. The van der Waals surface area contributed by atoms with Crippen molar-refractivity contribution < 1.29 is 17.9 Å². The predicted molar refractivity (Wildman–Crippen MR) is 104 cm³/mol. The molecular formula is C19H24N2O4S. The Bertz CT molecular complexity index is 892. The van der Waals surface area contributed by atoms with Gasteiger partial charge in [0.1, 0.15) is 5.75 Å². The molecule has 0 spiro atoms. The van der Waals surface area contributed by atoms with Gasteiger partial charge in [-0.2, -0.15) is 0 Å². The average Bonchev–Trinajstić information content (AvgIpc) is 2.56. The van der Waals surface area contributed by atoms with E-state index in [0.717, 1.165) is 23.1 Å². The predicted octanol–water partition coefficient (Wildman–Crippen LogP) is 3.11. The second-order valence-corrected chi connectivity index (χ2v) is 8.31. The van der Waals surface area contributed by atoms with Crippen molar-refractivity contribution in [2.75, 3.05) is 22.9 Å². The van der Waals surface area contributed by atoms with Gasteiger partial charge < -0.3 is 10.1 Å². The molecule has 0 aromatic heterocycles. The number of ether oxygens (including phenoxy) is 1. The van der Waals surface area contributed by atoms with Gasteiger partial charge in [0.05, 0.1) is 11.9 Å². The standard InChI is InChI=1S/C19H24N2O4S/c1-13-6-11-18(14(2)12-13)20-19(22)15(3)25-17-9-7-16(8-10-17)21(4)26(5,23)24/h6-12,15H,1-5H3,(H,20,22)/t15-/m0/s1. The molecule has 0 unspecified atom stereocenters. The number of anilines is 2. The lowest BCUT2D eigenvalue weighted by molar-refractivity contribution is -0.122. The third kappa shape index (κ3) is 4.98. The molecule has 7 heteroatoms. The number of carbonyl (C=O) groups excluding carboxylic acids is 1. The minimum Gasteiger partial charge on any atom is -0.481 e. The zero-order chi connectivity index (χ0) is 19.5. The first kappa shape index (κ1) is 19.8. The highest BCUT2D eigenvalue weighted by Crippen LogP contribution is 2.22. The topological polar surface area (TPSA) is 75.7 Å². The van der Waals surface area contributed by atoms with E-state index >= 15 is 0 Å². The number of rotatable bonds is 6. The fourth-order valence-electron chi connectivity index (χ4n) is 2.37. The molecule has 0 saturated carbocycles. The summed E-state index contributed by atoms with van der Waals surface area (Å²) >= 11 is 0. The van der Waals surface area contributed by atoms with Gasteiger partial charge in [-0.3, -0.25) is 9.10 Å². The van der Waals surface area contributed by atoms with Crippen molar-refractivity contribution in [1.82, 2.24) is 0 Å². The number of hydrogen-bond donors (Lipinski definition) is 1. The molecule has 0 aliphatic heterocycles. The second-order valence-electron chi connectivity index (χ2n) is 6.29. The number of nitrogens with one attached hydrogen (secondary N) is 1. The molecule has 2 aromatic rings. The third-order valence-corrected chi connectivity index (χ3v) is 5.23. The lowest BCUT2D eigenvalue weighted by Crippen LogP contribution is -2.30. The summed E-state index contributed by atoms with van der Waals surface area (Å²) in [6, 6.07) is 12.3. The molecule has 2 aromatic carbocycles. The molecule has 0 saturated heterocycles. The Balaban J connectivity index is 2.02. The smallest absolute Gasteiger partial charge is 0.265 e. The van der Waals surface area contributed by atoms with Gasteiger partial charge in [-0.1, -0.05) is 17.7 Å². The maximum atomic E-state index is 12.3. The van der Waals surface area contributed by atoms with Gasteiger partial charge in [-0.05, 0) is 56.7 Å². The largest absolute Gasteiger partial charge is 0.481 e. The second kappa shape index (κ2) is 7.78. The molecular weight excluding hydrogens is 352 g/mol. The first-order valence-corrected chi connectivity index (χ1v) is 10.0. The van der Waals surface area contributed by atoms with E-state index < -0.39 is 16.1 Å². The van der Waals surface area contributed by atoms with Crippen LogP contribution in [0.15, 0.2) is 42.5 Å². The van der Waals surface area contributed by atoms with Gasteiger partial charge in [0, 0.05) is 12.7 Å². The number of sulfonamides is 1. The summed E-state index contributed by atoms with van der Waals surface area (Å²) in [7, 11) is -1.84. The Morgan fingerprint density at radius 1 is 1.12 bits per heavy atom. The van der Waals surface area contributed by atoms with Gasteiger partial charge in [0.15, 0.2) is 6.10 Å². The van der Waals surface area contributed by atoms with Crippen LogP contribution in [0.25, 0.3) is 0 Å². The van der Waals surface area contributed by atoms with Crippen LogP contribution in [0.1, 0.15) is 18.1 Å². The number of benzene rings is 2. The van der Waals surface area contributed by atoms with Crippen LogP contribution in [0.5, 0.6) is 5.75 Å². The van der Waals surface area contributed by atoms with Gasteiger partial charge in [0.2, 0.25) is 10.0 Å². The molecule has 0 heterocycles. The van der Waals surface area contributed by atoms with E-state index in [9.17, 15) is 13.2 Å². The van der Waals surface area contributed by atoms with Crippen LogP contribution in [0.4, 0.5) is 11.4 Å². The van der Waals surface area contributed by atoms with E-state index in [4.69, 9.17) is 4.74 Å². The van der Waals surface area contributed by atoms with Crippen molar-refractivity contribution in [3.8, 4) is 5.75 Å². The minimum absolute atomic E-state index is 0.255. The quantitative estimate of drug-likeness (QED) is 0.840. The lowest BCUT2D eigenvalue weighted by Gasteiger charge is -2.18. The van der Waals surface area contributed by atoms with Gasteiger partial charge >= 0.3 is 0 Å². The summed E-state index contributed by atoms with van der Waals surface area (Å²) in [5, 5.41) is 2.86. The molecule has 0 radical (unpaired) electrons.